The molecule has 6 nitrogen and oxygen atoms in total. The van der Waals surface area contributed by atoms with Gasteiger partial charge in [-0.05, 0) is 30.7 Å². The number of hydrogen-bond acceptors (Lipinski definition) is 5. The minimum Gasteiger partial charge on any atom is -0.493 e. The Morgan fingerprint density at radius 2 is 1.84 bits per heavy atom. The summed E-state index contributed by atoms with van der Waals surface area (Å²) in [6.07, 6.45) is 0.525. The number of ether oxygens (including phenoxy) is 3. The first-order chi connectivity index (χ1) is 12.0. The van der Waals surface area contributed by atoms with Crippen molar-refractivity contribution in [2.75, 3.05) is 25.1 Å². The Kier molecular flexibility index (Phi) is 4.76. The zero-order chi connectivity index (χ0) is 18.0. The number of benzene rings is 2. The molecule has 0 aromatic heterocycles. The Hall–Kier alpha value is -2.41. The molecule has 2 aromatic rings. The van der Waals surface area contributed by atoms with Gasteiger partial charge >= 0.3 is 0 Å². The summed E-state index contributed by atoms with van der Waals surface area (Å²) in [5.41, 5.74) is 0.544. The lowest BCUT2D eigenvalue weighted by molar-refractivity contribution is 0.196. The van der Waals surface area contributed by atoms with Gasteiger partial charge in [-0.15, -0.1) is 0 Å². The maximum atomic E-state index is 13.3. The van der Waals surface area contributed by atoms with Crippen molar-refractivity contribution in [2.45, 2.75) is 24.3 Å². The quantitative estimate of drug-likeness (QED) is 0.817. The van der Waals surface area contributed by atoms with Crippen molar-refractivity contribution in [1.82, 2.24) is 0 Å². The van der Waals surface area contributed by atoms with Gasteiger partial charge in [0.25, 0.3) is 10.0 Å². The van der Waals surface area contributed by atoms with E-state index in [4.69, 9.17) is 14.2 Å². The summed E-state index contributed by atoms with van der Waals surface area (Å²) in [5, 5.41) is 0. The van der Waals surface area contributed by atoms with Crippen molar-refractivity contribution >= 4 is 15.7 Å². The van der Waals surface area contributed by atoms with E-state index in [1.165, 1.54) is 30.7 Å². The highest BCUT2D eigenvalue weighted by Gasteiger charge is 2.34. The predicted octanol–water partition coefficient (Wildman–Crippen LogP) is 3.07. The monoisotopic (exact) mass is 363 g/mol. The molecule has 1 atom stereocenters. The smallest absolute Gasteiger partial charge is 0.264 e. The maximum Gasteiger partial charge on any atom is 0.264 e. The first kappa shape index (κ1) is 17.4. The van der Waals surface area contributed by atoms with Crippen molar-refractivity contribution in [3.8, 4) is 17.2 Å². The van der Waals surface area contributed by atoms with E-state index in [1.807, 2.05) is 13.0 Å². The van der Waals surface area contributed by atoms with Gasteiger partial charge in [0.2, 0.25) is 0 Å². The third kappa shape index (κ3) is 3.11. The molecule has 1 aliphatic rings. The van der Waals surface area contributed by atoms with Gasteiger partial charge in [0, 0.05) is 6.07 Å². The Bertz CT molecular complexity index is 866. The molecular weight excluding hydrogens is 342 g/mol. The topological polar surface area (TPSA) is 65.1 Å². The van der Waals surface area contributed by atoms with Crippen LogP contribution in [-0.2, 0) is 10.0 Å². The first-order valence-corrected chi connectivity index (χ1v) is 9.45. The lowest BCUT2D eigenvalue weighted by Crippen LogP contribution is -2.43. The molecule has 0 aliphatic carbocycles. The number of fused-ring (bicyclic) bond motifs is 1. The van der Waals surface area contributed by atoms with E-state index in [2.05, 4.69) is 0 Å². The van der Waals surface area contributed by atoms with E-state index >= 15 is 0 Å². The molecule has 0 saturated heterocycles. The standard InChI is InChI=1S/C18H21NO5S/c1-4-13-12-19(15-7-5-6-8-16(15)24-13)25(20,21)14-9-10-17(22-2)18(11-14)23-3/h5-11,13H,4,12H2,1-3H3. The maximum absolute atomic E-state index is 13.3. The highest BCUT2D eigenvalue weighted by Crippen LogP contribution is 2.38. The molecule has 0 saturated carbocycles. The Morgan fingerprint density at radius 3 is 2.52 bits per heavy atom. The molecule has 2 aromatic carbocycles. The minimum absolute atomic E-state index is 0.150. The SMILES string of the molecule is CCC1CN(S(=O)(=O)c2ccc(OC)c(OC)c2)c2ccccc2O1. The lowest BCUT2D eigenvalue weighted by Gasteiger charge is -2.35. The second-order valence-corrected chi connectivity index (χ2v) is 7.53. The van der Waals surface area contributed by atoms with Gasteiger partial charge in [0.05, 0.1) is 31.3 Å². The number of anilines is 1. The van der Waals surface area contributed by atoms with Crippen LogP contribution in [0.4, 0.5) is 5.69 Å². The van der Waals surface area contributed by atoms with Crippen molar-refractivity contribution in [2.24, 2.45) is 0 Å². The van der Waals surface area contributed by atoms with Gasteiger partial charge in [-0.25, -0.2) is 8.42 Å². The summed E-state index contributed by atoms with van der Waals surface area (Å²) >= 11 is 0. The van der Waals surface area contributed by atoms with Crippen molar-refractivity contribution in [3.63, 3.8) is 0 Å². The third-order valence-corrected chi connectivity index (χ3v) is 5.97. The van der Waals surface area contributed by atoms with Crippen LogP contribution in [0, 0.1) is 0 Å². The average Bonchev–Trinajstić information content (AvgIpc) is 2.66. The number of hydrogen-bond donors (Lipinski definition) is 0. The van der Waals surface area contributed by atoms with Crippen LogP contribution < -0.4 is 18.5 Å². The molecule has 25 heavy (non-hydrogen) atoms. The molecule has 134 valence electrons. The number of rotatable bonds is 5. The summed E-state index contributed by atoms with van der Waals surface area (Å²) in [6.45, 7) is 2.24. The zero-order valence-corrected chi connectivity index (χ0v) is 15.2. The highest BCUT2D eigenvalue weighted by atomic mass is 32.2. The van der Waals surface area contributed by atoms with Crippen molar-refractivity contribution in [1.29, 1.82) is 0 Å². The molecule has 1 aliphatic heterocycles. The number of methoxy groups -OCH3 is 2. The normalized spacial score (nSPS) is 16.8. The molecule has 0 N–H and O–H groups in total. The highest BCUT2D eigenvalue weighted by molar-refractivity contribution is 7.92. The molecule has 0 radical (unpaired) electrons. The largest absolute Gasteiger partial charge is 0.493 e. The fourth-order valence-corrected chi connectivity index (χ4v) is 4.33. The van der Waals surface area contributed by atoms with Crippen molar-refractivity contribution < 1.29 is 22.6 Å². The average molecular weight is 363 g/mol. The lowest BCUT2D eigenvalue weighted by atomic mass is 10.2. The number of sulfonamides is 1. The van der Waals surface area contributed by atoms with E-state index in [1.54, 1.807) is 24.3 Å². The van der Waals surface area contributed by atoms with Gasteiger partial charge in [-0.1, -0.05) is 19.1 Å². The van der Waals surface area contributed by atoms with E-state index < -0.39 is 10.0 Å². The summed E-state index contributed by atoms with van der Waals surface area (Å²) in [6, 6.07) is 11.8. The van der Waals surface area contributed by atoms with Crippen LogP contribution >= 0.6 is 0 Å². The van der Waals surface area contributed by atoms with Gasteiger partial charge in [-0.2, -0.15) is 0 Å². The molecule has 0 amide bonds. The molecule has 7 heteroatoms. The second-order valence-electron chi connectivity index (χ2n) is 5.67. The summed E-state index contributed by atoms with van der Waals surface area (Å²) in [5.74, 6) is 1.43. The third-order valence-electron chi connectivity index (χ3n) is 4.20. The van der Waals surface area contributed by atoms with Gasteiger partial charge in [0.1, 0.15) is 11.9 Å². The van der Waals surface area contributed by atoms with Crippen molar-refractivity contribution in [3.05, 3.63) is 42.5 Å². The second kappa shape index (κ2) is 6.84. The van der Waals surface area contributed by atoms with Gasteiger partial charge in [-0.3, -0.25) is 4.31 Å². The molecule has 0 fully saturated rings. The van der Waals surface area contributed by atoms with Crippen LogP contribution in [0.3, 0.4) is 0 Å². The fraction of sp³-hybridized carbons (Fsp3) is 0.333. The Balaban J connectivity index is 2.08. The zero-order valence-electron chi connectivity index (χ0n) is 14.4. The van der Waals surface area contributed by atoms with Crippen LogP contribution in [0.1, 0.15) is 13.3 Å². The Labute approximate surface area is 148 Å². The van der Waals surface area contributed by atoms with Crippen LogP contribution in [0.15, 0.2) is 47.4 Å². The molecule has 1 heterocycles. The molecular formula is C18H21NO5S. The van der Waals surface area contributed by atoms with Crippen LogP contribution in [-0.4, -0.2) is 35.3 Å². The van der Waals surface area contributed by atoms with E-state index in [0.717, 1.165) is 0 Å². The van der Waals surface area contributed by atoms with Gasteiger partial charge in [0.15, 0.2) is 11.5 Å². The van der Waals surface area contributed by atoms with E-state index in [9.17, 15) is 8.42 Å². The molecule has 1 unspecified atom stereocenters. The van der Waals surface area contributed by atoms with Crippen LogP contribution in [0.2, 0.25) is 0 Å². The Morgan fingerprint density at radius 1 is 1.12 bits per heavy atom. The predicted molar refractivity (Wildman–Crippen MR) is 95.2 cm³/mol. The van der Waals surface area contributed by atoms with Crippen LogP contribution in [0.25, 0.3) is 0 Å². The summed E-state index contributed by atoms with van der Waals surface area (Å²) < 4.78 is 44.2. The van der Waals surface area contributed by atoms with E-state index in [0.29, 0.717) is 29.4 Å². The summed E-state index contributed by atoms with van der Waals surface area (Å²) in [7, 11) is -0.771. The molecule has 3 rings (SSSR count). The minimum atomic E-state index is -3.76. The summed E-state index contributed by atoms with van der Waals surface area (Å²) in [4.78, 5) is 0.150. The molecule has 0 bridgehead atoms. The van der Waals surface area contributed by atoms with E-state index in [-0.39, 0.29) is 17.5 Å². The molecule has 0 spiro atoms. The first-order valence-electron chi connectivity index (χ1n) is 8.01. The fourth-order valence-electron chi connectivity index (χ4n) is 2.81. The number of nitrogens with zero attached hydrogens (tertiary/aromatic N) is 1. The number of para-hydroxylation sites is 2. The van der Waals surface area contributed by atoms with Gasteiger partial charge < -0.3 is 14.2 Å². The van der Waals surface area contributed by atoms with Crippen LogP contribution in [0.5, 0.6) is 17.2 Å².